The van der Waals surface area contributed by atoms with E-state index in [4.69, 9.17) is 21.1 Å². The van der Waals surface area contributed by atoms with E-state index in [1.165, 1.54) is 31.4 Å². The van der Waals surface area contributed by atoms with Crippen LogP contribution in [0.2, 0.25) is 5.02 Å². The molecule has 0 aliphatic carbocycles. The van der Waals surface area contributed by atoms with Crippen LogP contribution >= 0.6 is 39.3 Å². The Morgan fingerprint density at radius 2 is 1.92 bits per heavy atom. The maximum Gasteiger partial charge on any atom is 0.343 e. The van der Waals surface area contributed by atoms with Gasteiger partial charge in [0, 0.05) is 5.69 Å². The van der Waals surface area contributed by atoms with Crippen LogP contribution in [0.25, 0.3) is 6.08 Å². The van der Waals surface area contributed by atoms with Crippen LogP contribution in [-0.2, 0) is 23.9 Å². The van der Waals surface area contributed by atoms with Gasteiger partial charge < -0.3 is 19.5 Å². The molecule has 1 heterocycles. The van der Waals surface area contributed by atoms with Crippen LogP contribution in [0.3, 0.4) is 0 Å². The number of thioether (sulfide) groups is 1. The standard InChI is InChI=1S/C26H24BrClN2O8S/c1-3-4-9-37-25(34)17-12-16(6-7-19(17)28)29-22(31)13-30-24(33)21(39-26(30)35)11-15-5-8-20(18(27)10-15)38-14-23(32)36-2/h5-8,10-12H,3-4,9,13-14H2,1-2H3,(H,29,31)/b21-11+. The Labute approximate surface area is 242 Å². The van der Waals surface area contributed by atoms with Crippen molar-refractivity contribution in [2.24, 2.45) is 0 Å². The van der Waals surface area contributed by atoms with Crippen molar-refractivity contribution in [2.75, 3.05) is 32.2 Å². The van der Waals surface area contributed by atoms with Gasteiger partial charge in [0.1, 0.15) is 12.3 Å². The molecular weight excluding hydrogens is 616 g/mol. The number of amides is 3. The summed E-state index contributed by atoms with van der Waals surface area (Å²) in [6.45, 7) is 1.42. The number of halogens is 2. The van der Waals surface area contributed by atoms with E-state index in [0.29, 0.717) is 34.0 Å². The predicted octanol–water partition coefficient (Wildman–Crippen LogP) is 5.29. The van der Waals surface area contributed by atoms with E-state index in [-0.39, 0.29) is 34.4 Å². The molecular formula is C26H24BrClN2O8S. The molecule has 206 valence electrons. The van der Waals surface area contributed by atoms with Crippen LogP contribution in [0, 0.1) is 0 Å². The number of ether oxygens (including phenoxy) is 3. The average molecular weight is 640 g/mol. The Morgan fingerprint density at radius 3 is 2.62 bits per heavy atom. The average Bonchev–Trinajstić information content (AvgIpc) is 3.16. The fourth-order valence-corrected chi connectivity index (χ4v) is 4.74. The molecule has 1 saturated heterocycles. The third-order valence-electron chi connectivity index (χ3n) is 5.20. The maximum atomic E-state index is 12.9. The Balaban J connectivity index is 1.64. The summed E-state index contributed by atoms with van der Waals surface area (Å²) in [5.41, 5.74) is 0.933. The highest BCUT2D eigenvalue weighted by Gasteiger charge is 2.36. The van der Waals surface area contributed by atoms with Crippen LogP contribution in [0.5, 0.6) is 5.75 Å². The summed E-state index contributed by atoms with van der Waals surface area (Å²) in [6, 6.07) is 9.20. The number of imide groups is 1. The quantitative estimate of drug-likeness (QED) is 0.198. The summed E-state index contributed by atoms with van der Waals surface area (Å²) in [6.07, 6.45) is 3.07. The van der Waals surface area contributed by atoms with Crippen molar-refractivity contribution in [2.45, 2.75) is 19.8 Å². The molecule has 3 rings (SSSR count). The molecule has 0 bridgehead atoms. The first kappa shape index (κ1) is 30.2. The summed E-state index contributed by atoms with van der Waals surface area (Å²) in [5.74, 6) is -2.03. The lowest BCUT2D eigenvalue weighted by Gasteiger charge is -2.13. The lowest BCUT2D eigenvalue weighted by molar-refractivity contribution is -0.143. The molecule has 13 heteroatoms. The zero-order chi connectivity index (χ0) is 28.5. The van der Waals surface area contributed by atoms with E-state index >= 15 is 0 Å². The number of esters is 2. The fourth-order valence-electron chi connectivity index (χ4n) is 3.20. The molecule has 1 aliphatic rings. The summed E-state index contributed by atoms with van der Waals surface area (Å²) in [7, 11) is 1.25. The van der Waals surface area contributed by atoms with Crippen molar-refractivity contribution in [1.82, 2.24) is 4.90 Å². The molecule has 0 saturated carbocycles. The smallest absolute Gasteiger partial charge is 0.343 e. The molecule has 0 spiro atoms. The number of anilines is 1. The largest absolute Gasteiger partial charge is 0.481 e. The van der Waals surface area contributed by atoms with Gasteiger partial charge >= 0.3 is 11.9 Å². The Kier molecular flexibility index (Phi) is 11.0. The molecule has 2 aromatic rings. The molecule has 0 aromatic heterocycles. The third kappa shape index (κ3) is 8.32. The minimum Gasteiger partial charge on any atom is -0.481 e. The highest BCUT2D eigenvalue weighted by Crippen LogP contribution is 2.34. The molecule has 1 aliphatic heterocycles. The molecule has 3 amide bonds. The Bertz CT molecular complexity index is 1330. The van der Waals surface area contributed by atoms with Crippen molar-refractivity contribution in [3.63, 3.8) is 0 Å². The first-order valence-electron chi connectivity index (χ1n) is 11.6. The van der Waals surface area contributed by atoms with Crippen LogP contribution in [0.1, 0.15) is 35.7 Å². The highest BCUT2D eigenvalue weighted by atomic mass is 79.9. The first-order valence-corrected chi connectivity index (χ1v) is 13.6. The Morgan fingerprint density at radius 1 is 1.15 bits per heavy atom. The minimum absolute atomic E-state index is 0.0903. The van der Waals surface area contributed by atoms with Crippen molar-refractivity contribution in [3.05, 3.63) is 61.9 Å². The third-order valence-corrected chi connectivity index (χ3v) is 7.06. The maximum absolute atomic E-state index is 12.9. The second-order valence-corrected chi connectivity index (χ2v) is 10.3. The van der Waals surface area contributed by atoms with E-state index in [1.54, 1.807) is 18.2 Å². The van der Waals surface area contributed by atoms with Gasteiger partial charge in [-0.2, -0.15) is 0 Å². The number of unbranched alkanes of at least 4 members (excludes halogenated alkanes) is 1. The monoisotopic (exact) mass is 638 g/mol. The summed E-state index contributed by atoms with van der Waals surface area (Å²) < 4.78 is 15.6. The normalized spacial score (nSPS) is 13.9. The highest BCUT2D eigenvalue weighted by molar-refractivity contribution is 9.10. The van der Waals surface area contributed by atoms with Gasteiger partial charge in [0.25, 0.3) is 11.1 Å². The summed E-state index contributed by atoms with van der Waals surface area (Å²) in [5, 5.41) is 2.13. The van der Waals surface area contributed by atoms with Gasteiger partial charge in [-0.05, 0) is 76.1 Å². The van der Waals surface area contributed by atoms with Crippen LogP contribution < -0.4 is 10.1 Å². The zero-order valence-electron chi connectivity index (χ0n) is 21.0. The van der Waals surface area contributed by atoms with E-state index in [1.807, 2.05) is 6.92 Å². The van der Waals surface area contributed by atoms with Gasteiger partial charge in [0.2, 0.25) is 5.91 Å². The SMILES string of the molecule is CCCCOC(=O)c1cc(NC(=O)CN2C(=O)S/C(=C/c3ccc(OCC(=O)OC)c(Br)c3)C2=O)ccc1Cl. The lowest BCUT2D eigenvalue weighted by atomic mass is 10.2. The number of rotatable bonds is 11. The van der Waals surface area contributed by atoms with E-state index in [9.17, 15) is 24.0 Å². The van der Waals surface area contributed by atoms with E-state index in [0.717, 1.165) is 11.3 Å². The van der Waals surface area contributed by atoms with Crippen LogP contribution in [-0.4, -0.2) is 60.8 Å². The Hall–Kier alpha value is -3.35. The van der Waals surface area contributed by atoms with Crippen LogP contribution in [0.15, 0.2) is 45.8 Å². The number of carbonyl (C=O) groups excluding carboxylic acids is 5. The first-order chi connectivity index (χ1) is 18.6. The zero-order valence-corrected chi connectivity index (χ0v) is 24.1. The number of methoxy groups -OCH3 is 1. The summed E-state index contributed by atoms with van der Waals surface area (Å²) in [4.78, 5) is 62.5. The summed E-state index contributed by atoms with van der Waals surface area (Å²) >= 11 is 10.1. The predicted molar refractivity (Wildman–Crippen MR) is 150 cm³/mol. The number of carbonyl (C=O) groups is 5. The molecule has 1 N–H and O–H groups in total. The van der Waals surface area contributed by atoms with Gasteiger partial charge in [0.15, 0.2) is 6.61 Å². The van der Waals surface area contributed by atoms with Gasteiger partial charge in [-0.3, -0.25) is 19.3 Å². The minimum atomic E-state index is -0.638. The molecule has 0 atom stereocenters. The molecule has 0 radical (unpaired) electrons. The number of nitrogens with one attached hydrogen (secondary N) is 1. The van der Waals surface area contributed by atoms with Gasteiger partial charge in [-0.15, -0.1) is 0 Å². The molecule has 39 heavy (non-hydrogen) atoms. The van der Waals surface area contributed by atoms with Crippen molar-refractivity contribution in [1.29, 1.82) is 0 Å². The molecule has 10 nitrogen and oxygen atoms in total. The van der Waals surface area contributed by atoms with E-state index < -0.39 is 35.5 Å². The number of nitrogens with zero attached hydrogens (tertiary/aromatic N) is 1. The second-order valence-electron chi connectivity index (χ2n) is 8.05. The number of benzene rings is 2. The fraction of sp³-hybridized carbons (Fsp3) is 0.269. The lowest BCUT2D eigenvalue weighted by Crippen LogP contribution is -2.36. The number of hydrogen-bond donors (Lipinski definition) is 1. The van der Waals surface area contributed by atoms with E-state index in [2.05, 4.69) is 26.0 Å². The van der Waals surface area contributed by atoms with Crippen LogP contribution in [0.4, 0.5) is 10.5 Å². The van der Waals surface area contributed by atoms with Crippen molar-refractivity contribution >= 4 is 80.0 Å². The van der Waals surface area contributed by atoms with Crippen molar-refractivity contribution < 1.29 is 38.2 Å². The second kappa shape index (κ2) is 14.2. The van der Waals surface area contributed by atoms with Gasteiger partial charge in [-0.25, -0.2) is 9.59 Å². The molecule has 0 unspecified atom stereocenters. The van der Waals surface area contributed by atoms with Gasteiger partial charge in [-0.1, -0.05) is 31.0 Å². The van der Waals surface area contributed by atoms with Crippen molar-refractivity contribution in [3.8, 4) is 5.75 Å². The van der Waals surface area contributed by atoms with Gasteiger partial charge in [0.05, 0.1) is 33.7 Å². The molecule has 1 fully saturated rings. The number of hydrogen-bond acceptors (Lipinski definition) is 9. The topological polar surface area (TPSA) is 128 Å². The molecule has 2 aromatic carbocycles.